The second-order valence-corrected chi connectivity index (χ2v) is 5.17. The molecule has 1 aromatic carbocycles. The summed E-state index contributed by atoms with van der Waals surface area (Å²) in [6, 6.07) is 11.3. The Morgan fingerprint density at radius 3 is 2.86 bits per heavy atom. The molecule has 5 heteroatoms. The Morgan fingerprint density at radius 2 is 2.09 bits per heavy atom. The molecule has 0 bridgehead atoms. The molecule has 0 saturated carbocycles. The van der Waals surface area contributed by atoms with E-state index in [9.17, 15) is 0 Å². The van der Waals surface area contributed by atoms with E-state index in [0.717, 1.165) is 35.8 Å². The summed E-state index contributed by atoms with van der Waals surface area (Å²) in [5.74, 6) is 1.54. The molecular formula is C17H21ClN2O2. The average molecular weight is 321 g/mol. The standard InChI is InChI=1S/C17H21ClN2O2/c1-2-21-16-8-7-15(18)12-14(16)13-19-9-5-11-22-17-6-3-4-10-20-17/h3-4,6-8,10,12,19H,2,5,9,11,13H2,1H3. The predicted molar refractivity (Wildman–Crippen MR) is 88.7 cm³/mol. The quantitative estimate of drug-likeness (QED) is 0.716. The van der Waals surface area contributed by atoms with Crippen LogP contribution < -0.4 is 14.8 Å². The molecule has 1 aromatic heterocycles. The van der Waals surface area contributed by atoms with Crippen LogP contribution in [0.25, 0.3) is 0 Å². The minimum Gasteiger partial charge on any atom is -0.494 e. The number of ether oxygens (including phenoxy) is 2. The predicted octanol–water partition coefficient (Wildman–Crippen LogP) is 3.69. The first-order chi connectivity index (χ1) is 10.8. The van der Waals surface area contributed by atoms with E-state index in [2.05, 4.69) is 10.3 Å². The van der Waals surface area contributed by atoms with Crippen molar-refractivity contribution in [2.45, 2.75) is 19.9 Å². The highest BCUT2D eigenvalue weighted by Gasteiger charge is 2.04. The molecule has 0 spiro atoms. The highest BCUT2D eigenvalue weighted by molar-refractivity contribution is 6.30. The molecule has 4 nitrogen and oxygen atoms in total. The summed E-state index contributed by atoms with van der Waals surface area (Å²) in [4.78, 5) is 4.11. The van der Waals surface area contributed by atoms with Gasteiger partial charge in [0.25, 0.3) is 0 Å². The minimum absolute atomic E-state index is 0.637. The number of aromatic nitrogens is 1. The van der Waals surface area contributed by atoms with E-state index in [0.29, 0.717) is 19.1 Å². The number of nitrogens with one attached hydrogen (secondary N) is 1. The zero-order chi connectivity index (χ0) is 15.6. The lowest BCUT2D eigenvalue weighted by Crippen LogP contribution is -2.17. The molecule has 0 aliphatic heterocycles. The monoisotopic (exact) mass is 320 g/mol. The first-order valence-corrected chi connectivity index (χ1v) is 7.83. The van der Waals surface area contributed by atoms with Crippen LogP contribution in [0.4, 0.5) is 0 Å². The molecule has 0 radical (unpaired) electrons. The molecule has 0 aliphatic rings. The van der Waals surface area contributed by atoms with Gasteiger partial charge in [-0.3, -0.25) is 0 Å². The molecule has 0 unspecified atom stereocenters. The first kappa shape index (κ1) is 16.6. The van der Waals surface area contributed by atoms with E-state index in [-0.39, 0.29) is 0 Å². The number of rotatable bonds is 9. The maximum Gasteiger partial charge on any atom is 0.213 e. The van der Waals surface area contributed by atoms with Crippen LogP contribution in [0.3, 0.4) is 0 Å². The molecule has 1 N–H and O–H groups in total. The third kappa shape index (κ3) is 5.54. The number of benzene rings is 1. The molecule has 2 rings (SSSR count). The Hall–Kier alpha value is -1.78. The van der Waals surface area contributed by atoms with Gasteiger partial charge in [-0.05, 0) is 44.2 Å². The Morgan fingerprint density at radius 1 is 1.18 bits per heavy atom. The lowest BCUT2D eigenvalue weighted by molar-refractivity contribution is 0.296. The highest BCUT2D eigenvalue weighted by Crippen LogP contribution is 2.22. The van der Waals surface area contributed by atoms with Crippen LogP contribution in [0, 0.1) is 0 Å². The van der Waals surface area contributed by atoms with Gasteiger partial charge in [0.2, 0.25) is 5.88 Å². The molecular weight excluding hydrogens is 300 g/mol. The Kier molecular flexibility index (Phi) is 7.00. The molecule has 0 saturated heterocycles. The van der Waals surface area contributed by atoms with Crippen LogP contribution in [0.15, 0.2) is 42.6 Å². The minimum atomic E-state index is 0.637. The van der Waals surface area contributed by atoms with Crippen LogP contribution in [-0.2, 0) is 6.54 Å². The van der Waals surface area contributed by atoms with Crippen LogP contribution in [0.1, 0.15) is 18.9 Å². The van der Waals surface area contributed by atoms with Gasteiger partial charge in [0.1, 0.15) is 5.75 Å². The van der Waals surface area contributed by atoms with Crippen molar-refractivity contribution >= 4 is 11.6 Å². The molecule has 0 aliphatic carbocycles. The summed E-state index contributed by atoms with van der Waals surface area (Å²) < 4.78 is 11.1. The first-order valence-electron chi connectivity index (χ1n) is 7.45. The summed E-state index contributed by atoms with van der Waals surface area (Å²) in [6.07, 6.45) is 2.63. The largest absolute Gasteiger partial charge is 0.494 e. The summed E-state index contributed by atoms with van der Waals surface area (Å²) in [6.45, 7) is 4.83. The Balaban J connectivity index is 1.69. The topological polar surface area (TPSA) is 43.4 Å². The molecule has 0 amide bonds. The van der Waals surface area contributed by atoms with Crippen molar-refractivity contribution in [2.24, 2.45) is 0 Å². The molecule has 118 valence electrons. The van der Waals surface area contributed by atoms with Crippen molar-refractivity contribution < 1.29 is 9.47 Å². The fourth-order valence-electron chi connectivity index (χ4n) is 2.01. The van der Waals surface area contributed by atoms with E-state index in [1.807, 2.05) is 43.3 Å². The summed E-state index contributed by atoms with van der Waals surface area (Å²) in [5.41, 5.74) is 1.07. The SMILES string of the molecule is CCOc1ccc(Cl)cc1CNCCCOc1ccccn1. The Bertz CT molecular complexity index is 564. The van der Waals surface area contributed by atoms with E-state index in [1.165, 1.54) is 0 Å². The number of halogens is 1. The number of pyridine rings is 1. The fraction of sp³-hybridized carbons (Fsp3) is 0.353. The summed E-state index contributed by atoms with van der Waals surface area (Å²) in [5, 5.41) is 4.10. The van der Waals surface area contributed by atoms with Crippen molar-refractivity contribution in [1.29, 1.82) is 0 Å². The van der Waals surface area contributed by atoms with Gasteiger partial charge in [-0.15, -0.1) is 0 Å². The lowest BCUT2D eigenvalue weighted by atomic mass is 10.2. The fourth-order valence-corrected chi connectivity index (χ4v) is 2.21. The van der Waals surface area contributed by atoms with Crippen LogP contribution >= 0.6 is 11.6 Å². The van der Waals surface area contributed by atoms with Crippen LogP contribution in [0.5, 0.6) is 11.6 Å². The smallest absolute Gasteiger partial charge is 0.213 e. The Labute approximate surface area is 136 Å². The normalized spacial score (nSPS) is 10.5. The van der Waals surface area contributed by atoms with Gasteiger partial charge >= 0.3 is 0 Å². The second kappa shape index (κ2) is 9.28. The molecule has 22 heavy (non-hydrogen) atoms. The van der Waals surface area contributed by atoms with Gasteiger partial charge in [-0.1, -0.05) is 17.7 Å². The summed E-state index contributed by atoms with van der Waals surface area (Å²) >= 11 is 6.04. The highest BCUT2D eigenvalue weighted by atomic mass is 35.5. The molecule has 1 heterocycles. The average Bonchev–Trinajstić information content (AvgIpc) is 2.54. The van der Waals surface area contributed by atoms with Crippen molar-refractivity contribution in [3.63, 3.8) is 0 Å². The number of nitrogens with zero attached hydrogens (tertiary/aromatic N) is 1. The van der Waals surface area contributed by atoms with Gasteiger partial charge in [0.15, 0.2) is 0 Å². The summed E-state index contributed by atoms with van der Waals surface area (Å²) in [7, 11) is 0. The van der Waals surface area contributed by atoms with Gasteiger partial charge in [-0.2, -0.15) is 0 Å². The third-order valence-electron chi connectivity index (χ3n) is 3.02. The van der Waals surface area contributed by atoms with Crippen molar-refractivity contribution in [3.8, 4) is 11.6 Å². The van der Waals surface area contributed by atoms with Gasteiger partial charge < -0.3 is 14.8 Å². The molecule has 0 atom stereocenters. The maximum absolute atomic E-state index is 6.04. The zero-order valence-electron chi connectivity index (χ0n) is 12.7. The van der Waals surface area contributed by atoms with Gasteiger partial charge in [-0.25, -0.2) is 4.98 Å². The maximum atomic E-state index is 6.04. The second-order valence-electron chi connectivity index (χ2n) is 4.73. The van der Waals surface area contributed by atoms with Crippen molar-refractivity contribution in [1.82, 2.24) is 10.3 Å². The molecule has 2 aromatic rings. The van der Waals surface area contributed by atoms with E-state index >= 15 is 0 Å². The molecule has 0 fully saturated rings. The van der Waals surface area contributed by atoms with Crippen LogP contribution in [-0.4, -0.2) is 24.7 Å². The van der Waals surface area contributed by atoms with Crippen LogP contribution in [0.2, 0.25) is 5.02 Å². The third-order valence-corrected chi connectivity index (χ3v) is 3.26. The zero-order valence-corrected chi connectivity index (χ0v) is 13.5. The van der Waals surface area contributed by atoms with Gasteiger partial charge in [0, 0.05) is 29.4 Å². The van der Waals surface area contributed by atoms with Gasteiger partial charge in [0.05, 0.1) is 13.2 Å². The van der Waals surface area contributed by atoms with Crippen molar-refractivity contribution in [3.05, 3.63) is 53.2 Å². The van der Waals surface area contributed by atoms with E-state index in [4.69, 9.17) is 21.1 Å². The lowest BCUT2D eigenvalue weighted by Gasteiger charge is -2.11. The van der Waals surface area contributed by atoms with E-state index in [1.54, 1.807) is 6.20 Å². The van der Waals surface area contributed by atoms with Crippen molar-refractivity contribution in [2.75, 3.05) is 19.8 Å². The number of hydrogen-bond donors (Lipinski definition) is 1. The number of hydrogen-bond acceptors (Lipinski definition) is 4. The van der Waals surface area contributed by atoms with E-state index < -0.39 is 0 Å².